The topological polar surface area (TPSA) is 68.1 Å². The molecule has 0 aromatic carbocycles. The molecule has 2 aromatic rings. The zero-order valence-corrected chi connectivity index (χ0v) is 13.4. The largest absolute Gasteiger partial charge is 0.371 e. The highest BCUT2D eigenvalue weighted by Crippen LogP contribution is 2.36. The van der Waals surface area contributed by atoms with Crippen LogP contribution in [0.5, 0.6) is 0 Å². The van der Waals surface area contributed by atoms with Crippen LogP contribution in [-0.4, -0.2) is 55.8 Å². The first-order valence-electron chi connectivity index (χ1n) is 8.09. The summed E-state index contributed by atoms with van der Waals surface area (Å²) in [5, 5.41) is 3.38. The minimum Gasteiger partial charge on any atom is -0.371 e. The number of hydrogen-bond donors (Lipinski definition) is 1. The molecule has 2 atom stereocenters. The molecule has 122 valence electrons. The van der Waals surface area contributed by atoms with Crippen molar-refractivity contribution in [3.05, 3.63) is 36.7 Å². The van der Waals surface area contributed by atoms with Gasteiger partial charge >= 0.3 is 0 Å². The summed E-state index contributed by atoms with van der Waals surface area (Å²) in [6.07, 6.45) is 9.43. The Kier molecular flexibility index (Phi) is 3.74. The van der Waals surface area contributed by atoms with E-state index >= 15 is 0 Å². The van der Waals surface area contributed by atoms with Gasteiger partial charge < -0.3 is 14.6 Å². The van der Waals surface area contributed by atoms with Crippen molar-refractivity contribution in [1.82, 2.24) is 24.4 Å². The van der Waals surface area contributed by atoms with Crippen molar-refractivity contribution >= 4 is 5.95 Å². The molecule has 1 spiro atoms. The monoisotopic (exact) mass is 314 g/mol. The average Bonchev–Trinajstić information content (AvgIpc) is 3.25. The fourth-order valence-corrected chi connectivity index (χ4v) is 3.59. The zero-order valence-electron chi connectivity index (χ0n) is 13.4. The lowest BCUT2D eigenvalue weighted by Gasteiger charge is -2.23. The van der Waals surface area contributed by atoms with Gasteiger partial charge in [-0.25, -0.2) is 15.0 Å². The number of hydrogen-bond acceptors (Lipinski definition) is 6. The summed E-state index contributed by atoms with van der Waals surface area (Å²) in [7, 11) is 2.04. The number of likely N-dealkylation sites (tertiary alicyclic amines) is 1. The predicted molar refractivity (Wildman–Crippen MR) is 85.8 cm³/mol. The quantitative estimate of drug-likeness (QED) is 0.910. The molecule has 23 heavy (non-hydrogen) atoms. The van der Waals surface area contributed by atoms with Gasteiger partial charge in [-0.1, -0.05) is 0 Å². The Labute approximate surface area is 135 Å². The summed E-state index contributed by atoms with van der Waals surface area (Å²) >= 11 is 0. The van der Waals surface area contributed by atoms with Crippen molar-refractivity contribution in [2.24, 2.45) is 7.05 Å². The van der Waals surface area contributed by atoms with E-state index in [9.17, 15) is 0 Å². The molecule has 1 N–H and O–H groups in total. The van der Waals surface area contributed by atoms with E-state index in [1.54, 1.807) is 12.4 Å². The summed E-state index contributed by atoms with van der Waals surface area (Å²) in [5.74, 6) is 1.79. The second-order valence-corrected chi connectivity index (χ2v) is 6.53. The molecule has 0 amide bonds. The molecule has 0 aliphatic carbocycles. The molecular formula is C16H22N6O. The van der Waals surface area contributed by atoms with Gasteiger partial charge in [0.1, 0.15) is 5.82 Å². The van der Waals surface area contributed by atoms with Crippen LogP contribution >= 0.6 is 0 Å². The van der Waals surface area contributed by atoms with Gasteiger partial charge in [0.25, 0.3) is 0 Å². The number of aryl methyl sites for hydroxylation is 1. The van der Waals surface area contributed by atoms with Gasteiger partial charge in [0.15, 0.2) is 0 Å². The molecule has 2 fully saturated rings. The molecule has 0 radical (unpaired) electrons. The molecule has 2 aromatic heterocycles. The van der Waals surface area contributed by atoms with E-state index in [1.165, 1.54) is 0 Å². The summed E-state index contributed by atoms with van der Waals surface area (Å²) in [6.45, 7) is 3.62. The molecule has 0 bridgehead atoms. The van der Waals surface area contributed by atoms with E-state index in [1.807, 2.05) is 25.5 Å². The molecule has 2 aliphatic rings. The third-order valence-corrected chi connectivity index (χ3v) is 4.79. The van der Waals surface area contributed by atoms with E-state index in [4.69, 9.17) is 4.74 Å². The highest BCUT2D eigenvalue weighted by atomic mass is 16.5. The van der Waals surface area contributed by atoms with Crippen LogP contribution in [-0.2, 0) is 18.3 Å². The fraction of sp³-hybridized carbons (Fsp3) is 0.562. The zero-order chi connectivity index (χ0) is 15.7. The van der Waals surface area contributed by atoms with Crippen LogP contribution in [0.4, 0.5) is 5.95 Å². The molecule has 0 unspecified atom stereocenters. The first-order chi connectivity index (χ1) is 11.2. The summed E-state index contributed by atoms with van der Waals surface area (Å²) in [4.78, 5) is 15.3. The van der Waals surface area contributed by atoms with Crippen molar-refractivity contribution in [3.63, 3.8) is 0 Å². The standard InChI is InChI=1S/C16H22N6O/c1-21-8-6-17-14(21)10-22-7-3-16(12-22)9-13(11-23-16)20-15-18-4-2-5-19-15/h2,4-6,8,13H,3,7,9-12H2,1H3,(H,18,19,20)/t13-,16-/m1/s1. The van der Waals surface area contributed by atoms with Gasteiger partial charge in [-0.2, -0.15) is 0 Å². The van der Waals surface area contributed by atoms with E-state index in [0.29, 0.717) is 12.6 Å². The molecular weight excluding hydrogens is 292 g/mol. The number of imidazole rings is 1. The van der Waals surface area contributed by atoms with Crippen LogP contribution in [0.2, 0.25) is 0 Å². The Morgan fingerprint density at radius 3 is 2.96 bits per heavy atom. The van der Waals surface area contributed by atoms with Gasteiger partial charge in [-0.05, 0) is 12.5 Å². The third kappa shape index (κ3) is 3.07. The SMILES string of the molecule is Cn1ccnc1CN1CC[C@@]2(C[C@@H](Nc3ncccn3)CO2)C1. The summed E-state index contributed by atoms with van der Waals surface area (Å²) in [5.41, 5.74) is -0.0301. The van der Waals surface area contributed by atoms with E-state index in [2.05, 4.69) is 29.7 Å². The summed E-state index contributed by atoms with van der Waals surface area (Å²) in [6, 6.07) is 2.11. The van der Waals surface area contributed by atoms with Crippen LogP contribution in [0.15, 0.2) is 30.9 Å². The minimum absolute atomic E-state index is 0.0301. The second kappa shape index (κ2) is 5.90. The third-order valence-electron chi connectivity index (χ3n) is 4.79. The lowest BCUT2D eigenvalue weighted by Crippen LogP contribution is -2.33. The lowest BCUT2D eigenvalue weighted by molar-refractivity contribution is 0.0117. The van der Waals surface area contributed by atoms with Gasteiger partial charge in [0, 0.05) is 51.3 Å². The molecule has 2 saturated heterocycles. The van der Waals surface area contributed by atoms with Crippen molar-refractivity contribution in [2.75, 3.05) is 25.0 Å². The Hall–Kier alpha value is -1.99. The molecule has 4 heterocycles. The van der Waals surface area contributed by atoms with Crippen molar-refractivity contribution in [3.8, 4) is 0 Å². The predicted octanol–water partition coefficient (Wildman–Crippen LogP) is 1.06. The molecule has 0 saturated carbocycles. The molecule has 7 nitrogen and oxygen atoms in total. The van der Waals surface area contributed by atoms with Gasteiger partial charge in [-0.15, -0.1) is 0 Å². The molecule has 7 heteroatoms. The Balaban J connectivity index is 1.35. The highest BCUT2D eigenvalue weighted by Gasteiger charge is 2.45. The van der Waals surface area contributed by atoms with E-state index < -0.39 is 0 Å². The maximum atomic E-state index is 6.18. The molecule has 4 rings (SSSR count). The lowest BCUT2D eigenvalue weighted by atomic mass is 9.97. The van der Waals surface area contributed by atoms with Crippen LogP contribution < -0.4 is 5.32 Å². The van der Waals surface area contributed by atoms with E-state index in [-0.39, 0.29) is 11.6 Å². The van der Waals surface area contributed by atoms with E-state index in [0.717, 1.165) is 38.3 Å². The smallest absolute Gasteiger partial charge is 0.222 e. The number of rotatable bonds is 4. The number of aromatic nitrogens is 4. The fourth-order valence-electron chi connectivity index (χ4n) is 3.59. The maximum absolute atomic E-state index is 6.18. The average molecular weight is 314 g/mol. The Bertz CT molecular complexity index is 660. The van der Waals surface area contributed by atoms with Crippen LogP contribution in [0.25, 0.3) is 0 Å². The highest BCUT2D eigenvalue weighted by molar-refractivity contribution is 5.25. The first-order valence-corrected chi connectivity index (χ1v) is 8.09. The van der Waals surface area contributed by atoms with Crippen molar-refractivity contribution in [1.29, 1.82) is 0 Å². The van der Waals surface area contributed by atoms with Crippen LogP contribution in [0.3, 0.4) is 0 Å². The number of ether oxygens (including phenoxy) is 1. The Morgan fingerprint density at radius 1 is 1.30 bits per heavy atom. The molecule has 2 aliphatic heterocycles. The van der Waals surface area contributed by atoms with Crippen molar-refractivity contribution in [2.45, 2.75) is 31.0 Å². The second-order valence-electron chi connectivity index (χ2n) is 6.53. The van der Waals surface area contributed by atoms with Gasteiger partial charge in [0.2, 0.25) is 5.95 Å². The normalized spacial score (nSPS) is 27.8. The minimum atomic E-state index is -0.0301. The van der Waals surface area contributed by atoms with Gasteiger partial charge in [-0.3, -0.25) is 4.90 Å². The maximum Gasteiger partial charge on any atom is 0.222 e. The van der Waals surface area contributed by atoms with Crippen molar-refractivity contribution < 1.29 is 4.74 Å². The number of nitrogens with zero attached hydrogens (tertiary/aromatic N) is 5. The van der Waals surface area contributed by atoms with Crippen LogP contribution in [0.1, 0.15) is 18.7 Å². The van der Waals surface area contributed by atoms with Crippen LogP contribution in [0, 0.1) is 0 Å². The first kappa shape index (κ1) is 14.6. The Morgan fingerprint density at radius 2 is 2.17 bits per heavy atom. The number of nitrogens with one attached hydrogen (secondary N) is 1. The summed E-state index contributed by atoms with van der Waals surface area (Å²) < 4.78 is 8.26. The van der Waals surface area contributed by atoms with Gasteiger partial charge in [0.05, 0.1) is 24.8 Å². The number of anilines is 1.